The van der Waals surface area contributed by atoms with E-state index in [0.29, 0.717) is 27.6 Å². The number of amides is 1. The molecule has 0 saturated heterocycles. The standard InChI is InChI=1S/C26H18F4N4OS/c1-31-23-7-5-16(10-21(23)26(28,29)30)18-13-33-34(14-18)19-6-4-17(22(27)11-19)12-32-25(35)24-20(8-9-36-24)15-2-3-15/h4-11,13-15H,2-3,12H2,(H,32,35). The molecule has 36 heavy (non-hydrogen) atoms. The molecular formula is C26H18F4N4OS. The number of nitrogens with zero attached hydrogens (tertiary/aromatic N) is 3. The van der Waals surface area contributed by atoms with Gasteiger partial charge in [0.15, 0.2) is 5.69 Å². The van der Waals surface area contributed by atoms with Gasteiger partial charge in [-0.3, -0.25) is 4.79 Å². The monoisotopic (exact) mass is 510 g/mol. The fraction of sp³-hybridized carbons (Fsp3) is 0.192. The molecule has 4 aromatic rings. The van der Waals surface area contributed by atoms with Crippen LogP contribution in [0.5, 0.6) is 0 Å². The Morgan fingerprint density at radius 3 is 2.67 bits per heavy atom. The van der Waals surface area contributed by atoms with Crippen LogP contribution in [0.1, 0.15) is 45.1 Å². The van der Waals surface area contributed by atoms with E-state index in [1.54, 1.807) is 6.07 Å². The number of alkyl halides is 3. The third-order valence-corrected chi connectivity index (χ3v) is 6.93. The molecule has 182 valence electrons. The minimum absolute atomic E-state index is 0.0188. The Labute approximate surface area is 207 Å². The highest BCUT2D eigenvalue weighted by atomic mass is 32.1. The quantitative estimate of drug-likeness (QED) is 0.222. The van der Waals surface area contributed by atoms with Gasteiger partial charge in [0.05, 0.1) is 28.9 Å². The molecule has 0 atom stereocenters. The van der Waals surface area contributed by atoms with Gasteiger partial charge in [0.1, 0.15) is 5.82 Å². The second-order valence-electron chi connectivity index (χ2n) is 8.45. The minimum Gasteiger partial charge on any atom is -0.347 e. The Bertz CT molecular complexity index is 1490. The van der Waals surface area contributed by atoms with Crippen LogP contribution >= 0.6 is 11.3 Å². The summed E-state index contributed by atoms with van der Waals surface area (Å²) in [6.07, 6.45) is 0.357. The molecule has 2 aromatic carbocycles. The van der Waals surface area contributed by atoms with Gasteiger partial charge in [-0.25, -0.2) is 13.9 Å². The van der Waals surface area contributed by atoms with Gasteiger partial charge < -0.3 is 5.32 Å². The lowest BCUT2D eigenvalue weighted by molar-refractivity contribution is -0.136. The predicted molar refractivity (Wildman–Crippen MR) is 128 cm³/mol. The van der Waals surface area contributed by atoms with Crippen molar-refractivity contribution in [3.63, 3.8) is 0 Å². The number of aromatic nitrogens is 2. The lowest BCUT2D eigenvalue weighted by Gasteiger charge is -2.10. The van der Waals surface area contributed by atoms with Crippen LogP contribution in [0, 0.1) is 12.4 Å². The van der Waals surface area contributed by atoms with E-state index in [9.17, 15) is 22.4 Å². The zero-order valence-electron chi connectivity index (χ0n) is 18.6. The van der Waals surface area contributed by atoms with Crippen LogP contribution in [0.4, 0.5) is 23.2 Å². The van der Waals surface area contributed by atoms with Crippen molar-refractivity contribution in [2.24, 2.45) is 0 Å². The second kappa shape index (κ2) is 9.24. The van der Waals surface area contributed by atoms with Gasteiger partial charge >= 0.3 is 6.18 Å². The zero-order chi connectivity index (χ0) is 25.4. The molecule has 1 aliphatic rings. The van der Waals surface area contributed by atoms with Crippen molar-refractivity contribution in [2.75, 3.05) is 0 Å². The van der Waals surface area contributed by atoms with Gasteiger partial charge in [-0.15, -0.1) is 11.3 Å². The smallest absolute Gasteiger partial charge is 0.347 e. The third-order valence-electron chi connectivity index (χ3n) is 6.00. The average molecular weight is 511 g/mol. The van der Waals surface area contributed by atoms with Gasteiger partial charge in [0.25, 0.3) is 5.91 Å². The number of hydrogen-bond acceptors (Lipinski definition) is 3. The van der Waals surface area contributed by atoms with Gasteiger partial charge in [0, 0.05) is 23.9 Å². The Hall–Kier alpha value is -3.97. The van der Waals surface area contributed by atoms with Gasteiger partial charge in [-0.05, 0) is 53.5 Å². The first kappa shape index (κ1) is 23.8. The van der Waals surface area contributed by atoms with E-state index in [1.165, 1.54) is 46.6 Å². The number of thiophene rings is 1. The molecule has 1 saturated carbocycles. The third kappa shape index (κ3) is 4.75. The summed E-state index contributed by atoms with van der Waals surface area (Å²) < 4.78 is 56.1. The lowest BCUT2D eigenvalue weighted by Crippen LogP contribution is -2.23. The summed E-state index contributed by atoms with van der Waals surface area (Å²) in [5.41, 5.74) is 0.841. The highest BCUT2D eigenvalue weighted by Gasteiger charge is 2.33. The Balaban J connectivity index is 1.31. The molecule has 1 aliphatic carbocycles. The van der Waals surface area contributed by atoms with Crippen LogP contribution < -0.4 is 5.32 Å². The largest absolute Gasteiger partial charge is 0.407 e. The maximum Gasteiger partial charge on any atom is 0.407 e. The fourth-order valence-electron chi connectivity index (χ4n) is 3.95. The number of rotatable bonds is 6. The van der Waals surface area contributed by atoms with Crippen LogP contribution in [0.2, 0.25) is 0 Å². The Kier molecular flexibility index (Phi) is 6.10. The van der Waals surface area contributed by atoms with Crippen LogP contribution in [-0.2, 0) is 12.7 Å². The molecule has 5 nitrogen and oxygen atoms in total. The highest BCUT2D eigenvalue weighted by molar-refractivity contribution is 7.12. The van der Waals surface area contributed by atoms with E-state index < -0.39 is 23.2 Å². The van der Waals surface area contributed by atoms with Crippen molar-refractivity contribution >= 4 is 22.9 Å². The summed E-state index contributed by atoms with van der Waals surface area (Å²) in [4.78, 5) is 16.2. The van der Waals surface area contributed by atoms with E-state index in [-0.39, 0.29) is 18.0 Å². The summed E-state index contributed by atoms with van der Waals surface area (Å²) in [5, 5.41) is 8.81. The Morgan fingerprint density at radius 2 is 1.97 bits per heavy atom. The number of carbonyl (C=O) groups is 1. The second-order valence-corrected chi connectivity index (χ2v) is 9.37. The minimum atomic E-state index is -4.66. The molecule has 1 fully saturated rings. The van der Waals surface area contributed by atoms with Crippen LogP contribution in [0.3, 0.4) is 0 Å². The predicted octanol–water partition coefficient (Wildman–Crippen LogP) is 7.12. The molecule has 0 radical (unpaired) electrons. The first-order valence-electron chi connectivity index (χ1n) is 11.0. The molecule has 1 N–H and O–H groups in total. The summed E-state index contributed by atoms with van der Waals surface area (Å²) in [6.45, 7) is 6.98. The summed E-state index contributed by atoms with van der Waals surface area (Å²) in [7, 11) is 0. The Morgan fingerprint density at radius 1 is 1.17 bits per heavy atom. The highest BCUT2D eigenvalue weighted by Crippen LogP contribution is 2.43. The molecule has 10 heteroatoms. The van der Waals surface area contributed by atoms with E-state index in [2.05, 4.69) is 15.3 Å². The SMILES string of the molecule is [C-]#[N+]c1ccc(-c2cnn(-c3ccc(CNC(=O)c4sccc4C4CC4)c(F)c3)c2)cc1C(F)(F)F. The molecule has 0 bridgehead atoms. The molecule has 2 heterocycles. The molecule has 0 unspecified atom stereocenters. The zero-order valence-corrected chi connectivity index (χ0v) is 19.5. The average Bonchev–Trinajstić information content (AvgIpc) is 3.37. The van der Waals surface area contributed by atoms with E-state index in [1.807, 2.05) is 11.4 Å². The first-order valence-corrected chi connectivity index (χ1v) is 11.9. The molecule has 1 amide bonds. The van der Waals surface area contributed by atoms with E-state index in [0.717, 1.165) is 30.5 Å². The molecular weight excluding hydrogens is 492 g/mol. The molecule has 2 aromatic heterocycles. The van der Waals surface area contributed by atoms with Crippen LogP contribution in [0.25, 0.3) is 21.7 Å². The summed E-state index contributed by atoms with van der Waals surface area (Å²) >= 11 is 1.38. The number of benzene rings is 2. The van der Waals surface area contributed by atoms with E-state index >= 15 is 0 Å². The van der Waals surface area contributed by atoms with Crippen molar-refractivity contribution in [3.8, 4) is 16.8 Å². The maximum atomic E-state index is 14.8. The number of hydrogen-bond donors (Lipinski definition) is 1. The first-order chi connectivity index (χ1) is 17.2. The van der Waals surface area contributed by atoms with Crippen molar-refractivity contribution in [2.45, 2.75) is 31.5 Å². The van der Waals surface area contributed by atoms with Crippen molar-refractivity contribution in [3.05, 3.63) is 99.0 Å². The van der Waals surface area contributed by atoms with Gasteiger partial charge in [0.2, 0.25) is 0 Å². The topological polar surface area (TPSA) is 51.3 Å². The molecule has 0 spiro atoms. The number of nitrogens with one attached hydrogen (secondary N) is 1. The normalized spacial score (nSPS) is 13.4. The number of halogens is 4. The van der Waals surface area contributed by atoms with E-state index in [4.69, 9.17) is 6.57 Å². The van der Waals surface area contributed by atoms with Gasteiger partial charge in [-0.2, -0.15) is 18.3 Å². The fourth-order valence-corrected chi connectivity index (χ4v) is 4.85. The summed E-state index contributed by atoms with van der Waals surface area (Å²) in [6, 6.07) is 9.81. The lowest BCUT2D eigenvalue weighted by atomic mass is 10.0. The van der Waals surface area contributed by atoms with Crippen molar-refractivity contribution in [1.29, 1.82) is 0 Å². The van der Waals surface area contributed by atoms with Crippen LogP contribution in [0.15, 0.2) is 60.2 Å². The maximum absolute atomic E-state index is 14.8. The summed E-state index contributed by atoms with van der Waals surface area (Å²) in [5.74, 6) is -0.327. The van der Waals surface area contributed by atoms with Crippen molar-refractivity contribution in [1.82, 2.24) is 15.1 Å². The van der Waals surface area contributed by atoms with Crippen molar-refractivity contribution < 1.29 is 22.4 Å². The van der Waals surface area contributed by atoms with Gasteiger partial charge in [-0.1, -0.05) is 24.3 Å². The molecule has 0 aliphatic heterocycles. The number of carbonyl (C=O) groups excluding carboxylic acids is 1. The van der Waals surface area contributed by atoms with Crippen LogP contribution in [-0.4, -0.2) is 15.7 Å². The molecule has 5 rings (SSSR count).